The highest BCUT2D eigenvalue weighted by molar-refractivity contribution is 7.19. The molecule has 3 heterocycles. The van der Waals surface area contributed by atoms with Crippen molar-refractivity contribution in [3.8, 4) is 0 Å². The van der Waals surface area contributed by atoms with Crippen LogP contribution in [0.4, 0.5) is 5.82 Å². The van der Waals surface area contributed by atoms with Crippen LogP contribution in [-0.2, 0) is 13.0 Å². The first-order valence-corrected chi connectivity index (χ1v) is 8.06. The summed E-state index contributed by atoms with van der Waals surface area (Å²) in [5.41, 5.74) is 7.91. The molecule has 3 aromatic rings. The number of nitrogens with two attached hydrogens (primary N) is 1. The monoisotopic (exact) mass is 337 g/mol. The molecule has 0 aliphatic rings. The van der Waals surface area contributed by atoms with Crippen molar-refractivity contribution < 1.29 is 4.42 Å². The van der Waals surface area contributed by atoms with E-state index in [-0.39, 0.29) is 11.3 Å². The summed E-state index contributed by atoms with van der Waals surface area (Å²) in [4.78, 5) is 13.8. The molecule has 0 saturated carbocycles. The van der Waals surface area contributed by atoms with Gasteiger partial charge in [-0.1, -0.05) is 0 Å². The molecule has 0 spiro atoms. The van der Waals surface area contributed by atoms with Crippen LogP contribution in [0.3, 0.4) is 0 Å². The molecule has 3 rings (SSSR count). The lowest BCUT2D eigenvalue weighted by Gasteiger charge is -2.04. The summed E-state index contributed by atoms with van der Waals surface area (Å²) in [6, 6.07) is 0.0980. The van der Waals surface area contributed by atoms with Gasteiger partial charge >= 0.3 is 0 Å². The molecule has 22 heavy (non-hydrogen) atoms. The van der Waals surface area contributed by atoms with Gasteiger partial charge in [-0.2, -0.15) is 4.98 Å². The predicted octanol–water partition coefficient (Wildman–Crippen LogP) is 3.14. The van der Waals surface area contributed by atoms with E-state index in [4.69, 9.17) is 21.8 Å². The first kappa shape index (κ1) is 15.2. The van der Waals surface area contributed by atoms with Gasteiger partial charge in [-0.15, -0.1) is 11.3 Å². The van der Waals surface area contributed by atoms with Crippen LogP contribution >= 0.6 is 22.9 Å². The van der Waals surface area contributed by atoms with Crippen LogP contribution in [0.25, 0.3) is 10.2 Å². The van der Waals surface area contributed by atoms with Crippen molar-refractivity contribution in [1.82, 2.24) is 15.0 Å². The summed E-state index contributed by atoms with van der Waals surface area (Å²) in [5.74, 6) is 1.43. The van der Waals surface area contributed by atoms with E-state index in [1.807, 2.05) is 13.8 Å². The SMILES string of the molecule is Cc1c(C[C@H](C)N)sc2c(NCc3cnco3)nc(Cl)nc12. The largest absolute Gasteiger partial charge is 0.447 e. The van der Waals surface area contributed by atoms with Gasteiger partial charge in [-0.05, 0) is 37.4 Å². The minimum Gasteiger partial charge on any atom is -0.447 e. The lowest BCUT2D eigenvalue weighted by atomic mass is 10.1. The molecule has 1 atom stereocenters. The Bertz CT molecular complexity index is 784. The highest BCUT2D eigenvalue weighted by Gasteiger charge is 2.16. The van der Waals surface area contributed by atoms with Crippen molar-refractivity contribution in [1.29, 1.82) is 0 Å². The molecular weight excluding hydrogens is 322 g/mol. The van der Waals surface area contributed by atoms with E-state index in [0.29, 0.717) is 12.4 Å². The first-order chi connectivity index (χ1) is 10.5. The molecule has 0 fully saturated rings. The van der Waals surface area contributed by atoms with Crippen LogP contribution < -0.4 is 11.1 Å². The maximum atomic E-state index is 6.05. The van der Waals surface area contributed by atoms with Crippen LogP contribution in [0, 0.1) is 6.92 Å². The summed E-state index contributed by atoms with van der Waals surface area (Å²) >= 11 is 7.71. The second-order valence-electron chi connectivity index (χ2n) is 5.17. The average molecular weight is 338 g/mol. The van der Waals surface area contributed by atoms with E-state index in [2.05, 4.69) is 20.3 Å². The van der Waals surface area contributed by atoms with Gasteiger partial charge < -0.3 is 15.5 Å². The van der Waals surface area contributed by atoms with Gasteiger partial charge in [0.05, 0.1) is 23.0 Å². The van der Waals surface area contributed by atoms with Crippen molar-refractivity contribution in [2.75, 3.05) is 5.32 Å². The van der Waals surface area contributed by atoms with Crippen LogP contribution in [0.1, 0.15) is 23.1 Å². The zero-order valence-electron chi connectivity index (χ0n) is 12.3. The van der Waals surface area contributed by atoms with Crippen LogP contribution in [0.2, 0.25) is 5.28 Å². The van der Waals surface area contributed by atoms with Gasteiger partial charge in [0.15, 0.2) is 6.39 Å². The lowest BCUT2D eigenvalue weighted by Crippen LogP contribution is -2.17. The molecule has 0 unspecified atom stereocenters. The van der Waals surface area contributed by atoms with Gasteiger partial charge in [0.25, 0.3) is 0 Å². The second-order valence-corrected chi connectivity index (χ2v) is 6.62. The predicted molar refractivity (Wildman–Crippen MR) is 88.3 cm³/mol. The fraction of sp³-hybridized carbons (Fsp3) is 0.357. The third-order valence-corrected chi connectivity index (χ3v) is 4.74. The van der Waals surface area contributed by atoms with Crippen molar-refractivity contribution >= 4 is 39.0 Å². The summed E-state index contributed by atoms with van der Waals surface area (Å²) in [6.45, 7) is 4.52. The zero-order valence-corrected chi connectivity index (χ0v) is 13.8. The Morgan fingerprint density at radius 2 is 2.27 bits per heavy atom. The number of nitrogens with zero attached hydrogens (tertiary/aromatic N) is 3. The molecule has 3 N–H and O–H groups in total. The summed E-state index contributed by atoms with van der Waals surface area (Å²) in [6.07, 6.45) is 3.87. The maximum Gasteiger partial charge on any atom is 0.224 e. The summed E-state index contributed by atoms with van der Waals surface area (Å²) in [7, 11) is 0. The molecule has 8 heteroatoms. The quantitative estimate of drug-likeness (QED) is 0.695. The Balaban J connectivity index is 1.98. The molecule has 0 bridgehead atoms. The number of anilines is 1. The number of nitrogens with one attached hydrogen (secondary N) is 1. The Kier molecular flexibility index (Phi) is 4.28. The minimum atomic E-state index is 0.0980. The molecule has 6 nitrogen and oxygen atoms in total. The Hall–Kier alpha value is -1.70. The van der Waals surface area contributed by atoms with Crippen molar-refractivity contribution in [2.24, 2.45) is 5.73 Å². The standard InChI is InChI=1S/C14H16ClN5OS/c1-7(16)3-10-8(2)11-12(22-10)13(20-14(15)19-11)18-5-9-4-17-6-21-9/h4,6-7H,3,5,16H2,1-2H3,(H,18,19,20)/t7-/m0/s1. The molecule has 0 radical (unpaired) electrons. The van der Waals surface area contributed by atoms with E-state index in [1.165, 1.54) is 11.3 Å². The van der Waals surface area contributed by atoms with Crippen LogP contribution in [0.5, 0.6) is 0 Å². The number of thiophene rings is 1. The highest BCUT2D eigenvalue weighted by atomic mass is 35.5. The fourth-order valence-corrected chi connectivity index (χ4v) is 3.73. The van der Waals surface area contributed by atoms with E-state index in [9.17, 15) is 0 Å². The van der Waals surface area contributed by atoms with Crippen molar-refractivity contribution in [2.45, 2.75) is 32.9 Å². The number of oxazole rings is 1. The molecule has 116 valence electrons. The van der Waals surface area contributed by atoms with E-state index in [1.54, 1.807) is 17.5 Å². The van der Waals surface area contributed by atoms with Crippen molar-refractivity contribution in [3.05, 3.63) is 34.1 Å². The van der Waals surface area contributed by atoms with Gasteiger partial charge in [0, 0.05) is 10.9 Å². The second kappa shape index (κ2) is 6.20. The van der Waals surface area contributed by atoms with Crippen LogP contribution in [-0.4, -0.2) is 21.0 Å². The number of aryl methyl sites for hydroxylation is 1. The molecule has 0 aromatic carbocycles. The molecule has 3 aromatic heterocycles. The first-order valence-electron chi connectivity index (χ1n) is 6.87. The van der Waals surface area contributed by atoms with Crippen molar-refractivity contribution in [3.63, 3.8) is 0 Å². The minimum absolute atomic E-state index is 0.0980. The third kappa shape index (κ3) is 3.06. The maximum absolute atomic E-state index is 6.05. The number of halogens is 1. The molecule has 0 aliphatic heterocycles. The molecule has 0 amide bonds. The topological polar surface area (TPSA) is 89.9 Å². The number of fused-ring (bicyclic) bond motifs is 1. The zero-order chi connectivity index (χ0) is 15.7. The van der Waals surface area contributed by atoms with Gasteiger partial charge in [0.1, 0.15) is 11.6 Å². The normalized spacial score (nSPS) is 12.7. The number of rotatable bonds is 5. The summed E-state index contributed by atoms with van der Waals surface area (Å²) < 4.78 is 6.20. The van der Waals surface area contributed by atoms with E-state index in [0.717, 1.165) is 28.0 Å². The number of aromatic nitrogens is 3. The smallest absolute Gasteiger partial charge is 0.224 e. The average Bonchev–Trinajstić information content (AvgIpc) is 3.07. The van der Waals surface area contributed by atoms with Gasteiger partial charge in [0.2, 0.25) is 5.28 Å². The molecular formula is C14H16ClN5OS. The molecule has 0 saturated heterocycles. The highest BCUT2D eigenvalue weighted by Crippen LogP contribution is 2.35. The number of hydrogen-bond donors (Lipinski definition) is 2. The number of hydrogen-bond acceptors (Lipinski definition) is 7. The fourth-order valence-electron chi connectivity index (χ4n) is 2.21. The van der Waals surface area contributed by atoms with E-state index >= 15 is 0 Å². The third-order valence-electron chi connectivity index (χ3n) is 3.26. The molecule has 0 aliphatic carbocycles. The van der Waals surface area contributed by atoms with Crippen LogP contribution in [0.15, 0.2) is 17.0 Å². The summed E-state index contributed by atoms with van der Waals surface area (Å²) in [5, 5.41) is 3.46. The van der Waals surface area contributed by atoms with Gasteiger partial charge in [-0.3, -0.25) is 0 Å². The Morgan fingerprint density at radius 1 is 1.45 bits per heavy atom. The lowest BCUT2D eigenvalue weighted by molar-refractivity contribution is 0.511. The Labute approximate surface area is 136 Å². The van der Waals surface area contributed by atoms with Gasteiger partial charge in [-0.25, -0.2) is 9.97 Å². The van der Waals surface area contributed by atoms with E-state index < -0.39 is 0 Å². The Morgan fingerprint density at radius 3 is 2.95 bits per heavy atom.